The van der Waals surface area contributed by atoms with Crippen LogP contribution in [0.15, 0.2) is 29.2 Å². The number of ether oxygens (including phenoxy) is 1. The lowest BCUT2D eigenvalue weighted by Crippen LogP contribution is -2.37. The summed E-state index contributed by atoms with van der Waals surface area (Å²) < 4.78 is 42.3. The van der Waals surface area contributed by atoms with Crippen LogP contribution >= 0.6 is 0 Å². The van der Waals surface area contributed by atoms with Crippen LogP contribution in [0.3, 0.4) is 0 Å². The maximum Gasteiger partial charge on any atom is 0.181 e. The molecule has 0 aliphatic rings. The first-order chi connectivity index (χ1) is 7.80. The monoisotopic (exact) mass is 261 g/mol. The summed E-state index contributed by atoms with van der Waals surface area (Å²) in [6.45, 7) is 0.844. The normalized spacial score (nSPS) is 15.3. The Hall–Kier alpha value is -1.14. The molecule has 0 saturated heterocycles. The lowest BCUT2D eigenvalue weighted by atomic mass is 10.2. The smallest absolute Gasteiger partial charge is 0.181 e. The van der Waals surface area contributed by atoms with Gasteiger partial charge in [0.05, 0.1) is 17.8 Å². The Morgan fingerprint density at radius 2 is 1.88 bits per heavy atom. The van der Waals surface area contributed by atoms with E-state index in [0.717, 1.165) is 0 Å². The molecule has 96 valence electrons. The number of sulfone groups is 1. The number of alkyl halides is 1. The molecule has 4 nitrogen and oxygen atoms in total. The third-order valence-electron chi connectivity index (χ3n) is 2.34. The molecule has 0 aromatic heterocycles. The SMILES string of the molecule is COc1ccc(S(=O)(=O)CC(C)(F)CN)cc1. The zero-order chi connectivity index (χ0) is 13.1. The van der Waals surface area contributed by atoms with Crippen molar-refractivity contribution in [2.24, 2.45) is 5.73 Å². The zero-order valence-corrected chi connectivity index (χ0v) is 10.6. The Morgan fingerprint density at radius 3 is 2.29 bits per heavy atom. The van der Waals surface area contributed by atoms with Crippen molar-refractivity contribution in [3.63, 3.8) is 0 Å². The molecule has 1 aromatic carbocycles. The van der Waals surface area contributed by atoms with Crippen molar-refractivity contribution in [1.82, 2.24) is 0 Å². The second-order valence-corrected chi connectivity index (χ2v) is 6.04. The zero-order valence-electron chi connectivity index (χ0n) is 9.81. The fourth-order valence-electron chi connectivity index (χ4n) is 1.32. The lowest BCUT2D eigenvalue weighted by molar-refractivity contribution is 0.231. The lowest BCUT2D eigenvalue weighted by Gasteiger charge is -2.17. The van der Waals surface area contributed by atoms with Crippen molar-refractivity contribution in [1.29, 1.82) is 0 Å². The molecule has 0 heterocycles. The molecule has 0 saturated carbocycles. The van der Waals surface area contributed by atoms with Crippen LogP contribution < -0.4 is 10.5 Å². The minimum absolute atomic E-state index is 0.0654. The largest absolute Gasteiger partial charge is 0.497 e. The summed E-state index contributed by atoms with van der Waals surface area (Å²) in [7, 11) is -2.18. The summed E-state index contributed by atoms with van der Waals surface area (Å²) in [6, 6.07) is 5.82. The highest BCUT2D eigenvalue weighted by atomic mass is 32.2. The van der Waals surface area contributed by atoms with Gasteiger partial charge in [0.2, 0.25) is 0 Å². The number of hydrogen-bond donors (Lipinski definition) is 1. The summed E-state index contributed by atoms with van der Waals surface area (Å²) in [4.78, 5) is 0.0654. The first kappa shape index (κ1) is 13.9. The molecule has 0 spiro atoms. The van der Waals surface area contributed by atoms with Crippen molar-refractivity contribution >= 4 is 9.84 Å². The van der Waals surface area contributed by atoms with Crippen LogP contribution in [0, 0.1) is 0 Å². The molecule has 0 bridgehead atoms. The highest BCUT2D eigenvalue weighted by Gasteiger charge is 2.30. The van der Waals surface area contributed by atoms with Crippen LogP contribution in [0.25, 0.3) is 0 Å². The standard InChI is InChI=1S/C11H16FNO3S/c1-11(12,7-13)8-17(14,15)10-5-3-9(16-2)4-6-10/h3-6H,7-8,13H2,1-2H3. The molecule has 17 heavy (non-hydrogen) atoms. The van der Waals surface area contributed by atoms with E-state index in [9.17, 15) is 12.8 Å². The minimum Gasteiger partial charge on any atom is -0.497 e. The van der Waals surface area contributed by atoms with E-state index in [-0.39, 0.29) is 11.4 Å². The van der Waals surface area contributed by atoms with Crippen molar-refractivity contribution in [2.45, 2.75) is 17.5 Å². The number of benzene rings is 1. The molecule has 0 fully saturated rings. The Kier molecular flexibility index (Phi) is 4.11. The molecular weight excluding hydrogens is 245 g/mol. The number of methoxy groups -OCH3 is 1. The number of hydrogen-bond acceptors (Lipinski definition) is 4. The molecule has 0 radical (unpaired) electrons. The van der Waals surface area contributed by atoms with Crippen LogP contribution in [0.1, 0.15) is 6.92 Å². The van der Waals surface area contributed by atoms with E-state index < -0.39 is 21.3 Å². The molecule has 2 N–H and O–H groups in total. The molecule has 1 atom stereocenters. The molecule has 6 heteroatoms. The first-order valence-electron chi connectivity index (χ1n) is 5.06. The molecule has 1 aromatic rings. The van der Waals surface area contributed by atoms with Crippen molar-refractivity contribution in [2.75, 3.05) is 19.4 Å². The van der Waals surface area contributed by atoms with Gasteiger partial charge in [-0.2, -0.15) is 0 Å². The van der Waals surface area contributed by atoms with E-state index in [4.69, 9.17) is 10.5 Å². The van der Waals surface area contributed by atoms with Gasteiger partial charge < -0.3 is 10.5 Å². The van der Waals surface area contributed by atoms with Gasteiger partial charge in [-0.3, -0.25) is 0 Å². The second kappa shape index (κ2) is 5.01. The summed E-state index contributed by atoms with van der Waals surface area (Å²) >= 11 is 0. The van der Waals surface area contributed by atoms with Gasteiger partial charge in [0.25, 0.3) is 0 Å². The molecule has 1 rings (SSSR count). The molecule has 0 aliphatic heterocycles. The third-order valence-corrected chi connectivity index (χ3v) is 4.31. The third kappa shape index (κ3) is 3.67. The highest BCUT2D eigenvalue weighted by molar-refractivity contribution is 7.91. The Labute approximate surface area is 101 Å². The van der Waals surface area contributed by atoms with Gasteiger partial charge in [-0.05, 0) is 31.2 Å². The topological polar surface area (TPSA) is 69.4 Å². The molecule has 1 unspecified atom stereocenters. The van der Waals surface area contributed by atoms with Gasteiger partial charge in [-0.1, -0.05) is 0 Å². The van der Waals surface area contributed by atoms with Crippen LogP contribution in [0.4, 0.5) is 4.39 Å². The first-order valence-corrected chi connectivity index (χ1v) is 6.72. The fourth-order valence-corrected chi connectivity index (χ4v) is 2.95. The van der Waals surface area contributed by atoms with E-state index in [1.165, 1.54) is 38.3 Å². The van der Waals surface area contributed by atoms with Gasteiger partial charge >= 0.3 is 0 Å². The van der Waals surface area contributed by atoms with E-state index in [0.29, 0.717) is 5.75 Å². The molecule has 0 aliphatic carbocycles. The van der Waals surface area contributed by atoms with Crippen molar-refractivity contribution in [3.8, 4) is 5.75 Å². The van der Waals surface area contributed by atoms with Gasteiger partial charge in [-0.25, -0.2) is 12.8 Å². The number of halogens is 1. The number of nitrogens with two attached hydrogens (primary N) is 1. The van der Waals surface area contributed by atoms with Gasteiger partial charge in [0.15, 0.2) is 9.84 Å². The molecular formula is C11H16FNO3S. The maximum atomic E-state index is 13.6. The average molecular weight is 261 g/mol. The van der Waals surface area contributed by atoms with Crippen LogP contribution in [0.2, 0.25) is 0 Å². The fraction of sp³-hybridized carbons (Fsp3) is 0.455. The van der Waals surface area contributed by atoms with Crippen molar-refractivity contribution in [3.05, 3.63) is 24.3 Å². The van der Waals surface area contributed by atoms with Crippen molar-refractivity contribution < 1.29 is 17.5 Å². The van der Waals surface area contributed by atoms with E-state index in [1.54, 1.807) is 0 Å². The minimum atomic E-state index is -3.67. The quantitative estimate of drug-likeness (QED) is 0.863. The summed E-state index contributed by atoms with van der Waals surface area (Å²) in [5.74, 6) is -0.0752. The van der Waals surface area contributed by atoms with E-state index in [1.807, 2.05) is 0 Å². The van der Waals surface area contributed by atoms with Crippen LogP contribution in [-0.4, -0.2) is 33.5 Å². The van der Waals surface area contributed by atoms with Crippen LogP contribution in [-0.2, 0) is 9.84 Å². The Balaban J connectivity index is 2.97. The number of rotatable bonds is 5. The Bertz CT molecular complexity index is 468. The van der Waals surface area contributed by atoms with Gasteiger partial charge in [0, 0.05) is 6.54 Å². The van der Waals surface area contributed by atoms with E-state index in [2.05, 4.69) is 0 Å². The summed E-state index contributed by atoms with van der Waals surface area (Å²) in [5.41, 5.74) is 3.26. The highest BCUT2D eigenvalue weighted by Crippen LogP contribution is 2.21. The Morgan fingerprint density at radius 1 is 1.35 bits per heavy atom. The predicted molar refractivity (Wildman–Crippen MR) is 63.6 cm³/mol. The predicted octanol–water partition coefficient (Wildman–Crippen LogP) is 1.16. The molecule has 0 amide bonds. The maximum absolute atomic E-state index is 13.6. The van der Waals surface area contributed by atoms with Crippen LogP contribution in [0.5, 0.6) is 5.75 Å². The second-order valence-electron chi connectivity index (χ2n) is 4.05. The van der Waals surface area contributed by atoms with E-state index >= 15 is 0 Å². The summed E-state index contributed by atoms with van der Waals surface area (Å²) in [6.07, 6.45) is 0. The summed E-state index contributed by atoms with van der Waals surface area (Å²) in [5, 5.41) is 0. The van der Waals surface area contributed by atoms with Gasteiger partial charge in [-0.15, -0.1) is 0 Å². The van der Waals surface area contributed by atoms with Gasteiger partial charge in [0.1, 0.15) is 11.4 Å². The average Bonchev–Trinajstić information content (AvgIpc) is 2.28.